The lowest BCUT2D eigenvalue weighted by molar-refractivity contribution is -0.170. The molecule has 0 saturated heterocycles. The maximum absolute atomic E-state index is 11.9. The third-order valence-electron chi connectivity index (χ3n) is 2.75. The third-order valence-corrected chi connectivity index (χ3v) is 2.75. The van der Waals surface area contributed by atoms with Gasteiger partial charge in [-0.15, -0.1) is 0 Å². The van der Waals surface area contributed by atoms with Crippen molar-refractivity contribution in [2.75, 3.05) is 13.7 Å². The summed E-state index contributed by atoms with van der Waals surface area (Å²) in [5.41, 5.74) is -0.128. The maximum atomic E-state index is 11.9. The Kier molecular flexibility index (Phi) is 3.06. The minimum absolute atomic E-state index is 0.344. The SMILES string of the molecule is COC(=O)[C@@]1(c2ccccc2)CC=CCO1. The lowest BCUT2D eigenvalue weighted by atomic mass is 9.89. The Balaban J connectivity index is 2.42. The molecule has 0 fully saturated rings. The molecule has 3 nitrogen and oxygen atoms in total. The van der Waals surface area contributed by atoms with Crippen LogP contribution >= 0.6 is 0 Å². The summed E-state index contributed by atoms with van der Waals surface area (Å²) in [5.74, 6) is -0.344. The molecule has 0 N–H and O–H groups in total. The van der Waals surface area contributed by atoms with E-state index >= 15 is 0 Å². The van der Waals surface area contributed by atoms with E-state index < -0.39 is 5.60 Å². The number of hydrogen-bond donors (Lipinski definition) is 0. The quantitative estimate of drug-likeness (QED) is 0.563. The van der Waals surface area contributed by atoms with Crippen LogP contribution in [0.15, 0.2) is 42.5 Å². The molecular formula is C13H14O3. The standard InChI is InChI=1S/C13H14O3/c1-15-12(14)13(9-5-6-10-16-13)11-7-3-2-4-8-11/h2-8H,9-10H2,1H3/t13-/m0/s1. The van der Waals surface area contributed by atoms with Crippen LogP contribution in [0.4, 0.5) is 0 Å². The highest BCUT2D eigenvalue weighted by Gasteiger charge is 2.42. The first-order valence-electron chi connectivity index (χ1n) is 5.22. The molecule has 0 bridgehead atoms. The molecule has 3 heteroatoms. The largest absolute Gasteiger partial charge is 0.467 e. The molecule has 1 aliphatic rings. The van der Waals surface area contributed by atoms with Gasteiger partial charge in [-0.1, -0.05) is 42.5 Å². The van der Waals surface area contributed by atoms with Crippen LogP contribution in [-0.2, 0) is 19.9 Å². The van der Waals surface area contributed by atoms with Crippen LogP contribution in [-0.4, -0.2) is 19.7 Å². The van der Waals surface area contributed by atoms with Crippen LogP contribution in [0.2, 0.25) is 0 Å². The second kappa shape index (κ2) is 4.49. The molecule has 0 spiro atoms. The van der Waals surface area contributed by atoms with Gasteiger partial charge in [0.05, 0.1) is 13.7 Å². The van der Waals surface area contributed by atoms with E-state index in [1.165, 1.54) is 7.11 Å². The van der Waals surface area contributed by atoms with Crippen LogP contribution in [0.3, 0.4) is 0 Å². The van der Waals surface area contributed by atoms with Crippen molar-refractivity contribution in [2.45, 2.75) is 12.0 Å². The van der Waals surface area contributed by atoms with Gasteiger partial charge in [0.15, 0.2) is 5.60 Å². The average molecular weight is 218 g/mol. The van der Waals surface area contributed by atoms with Crippen molar-refractivity contribution in [3.05, 3.63) is 48.0 Å². The van der Waals surface area contributed by atoms with Crippen LogP contribution in [0.1, 0.15) is 12.0 Å². The summed E-state index contributed by atoms with van der Waals surface area (Å²) in [6.45, 7) is 0.435. The topological polar surface area (TPSA) is 35.5 Å². The van der Waals surface area contributed by atoms with Gasteiger partial charge in [0.25, 0.3) is 0 Å². The molecule has 0 radical (unpaired) electrons. The van der Waals surface area contributed by atoms with E-state index in [-0.39, 0.29) is 5.97 Å². The molecule has 1 aromatic rings. The monoisotopic (exact) mass is 218 g/mol. The van der Waals surface area contributed by atoms with Crippen molar-refractivity contribution >= 4 is 5.97 Å². The summed E-state index contributed by atoms with van der Waals surface area (Å²) < 4.78 is 10.5. The molecule has 0 unspecified atom stereocenters. The number of methoxy groups -OCH3 is 1. The fourth-order valence-electron chi connectivity index (χ4n) is 1.90. The first kappa shape index (κ1) is 10.9. The molecule has 1 heterocycles. The first-order chi connectivity index (χ1) is 7.79. The molecule has 0 saturated carbocycles. The number of hydrogen-bond acceptors (Lipinski definition) is 3. The average Bonchev–Trinajstić information content (AvgIpc) is 2.39. The van der Waals surface area contributed by atoms with Crippen molar-refractivity contribution in [1.29, 1.82) is 0 Å². The summed E-state index contributed by atoms with van der Waals surface area (Å²) in [4.78, 5) is 11.9. The molecule has 1 aliphatic heterocycles. The Bertz CT molecular complexity index is 397. The number of rotatable bonds is 2. The molecule has 0 aromatic heterocycles. The second-order valence-corrected chi connectivity index (χ2v) is 3.67. The van der Waals surface area contributed by atoms with E-state index in [4.69, 9.17) is 9.47 Å². The van der Waals surface area contributed by atoms with Crippen LogP contribution in [0.25, 0.3) is 0 Å². The fourth-order valence-corrected chi connectivity index (χ4v) is 1.90. The van der Waals surface area contributed by atoms with Crippen molar-refractivity contribution in [3.63, 3.8) is 0 Å². The molecule has 0 aliphatic carbocycles. The van der Waals surface area contributed by atoms with Crippen molar-refractivity contribution < 1.29 is 14.3 Å². The Morgan fingerprint density at radius 2 is 2.06 bits per heavy atom. The van der Waals surface area contributed by atoms with Gasteiger partial charge in [-0.05, 0) is 5.56 Å². The van der Waals surface area contributed by atoms with Gasteiger partial charge >= 0.3 is 5.97 Å². The Morgan fingerprint density at radius 1 is 1.31 bits per heavy atom. The Morgan fingerprint density at radius 3 is 2.62 bits per heavy atom. The molecule has 2 rings (SSSR count). The molecule has 1 atom stereocenters. The molecule has 84 valence electrons. The normalized spacial score (nSPS) is 24.1. The second-order valence-electron chi connectivity index (χ2n) is 3.67. The molecule has 0 amide bonds. The number of carbonyl (C=O) groups excluding carboxylic acids is 1. The lowest BCUT2D eigenvalue weighted by Crippen LogP contribution is -2.41. The number of esters is 1. The number of ether oxygens (including phenoxy) is 2. The van der Waals surface area contributed by atoms with Crippen molar-refractivity contribution in [2.24, 2.45) is 0 Å². The van der Waals surface area contributed by atoms with Gasteiger partial charge in [0.1, 0.15) is 0 Å². The smallest absolute Gasteiger partial charge is 0.343 e. The zero-order valence-corrected chi connectivity index (χ0v) is 9.18. The minimum atomic E-state index is -0.967. The summed E-state index contributed by atoms with van der Waals surface area (Å²) in [5, 5.41) is 0. The zero-order valence-electron chi connectivity index (χ0n) is 9.18. The van der Waals surface area contributed by atoms with Gasteiger partial charge in [0, 0.05) is 6.42 Å². The number of benzene rings is 1. The van der Waals surface area contributed by atoms with E-state index in [2.05, 4.69) is 0 Å². The van der Waals surface area contributed by atoms with E-state index in [0.29, 0.717) is 13.0 Å². The van der Waals surface area contributed by atoms with Crippen LogP contribution < -0.4 is 0 Å². The Hall–Kier alpha value is -1.61. The summed E-state index contributed by atoms with van der Waals surface area (Å²) in [6, 6.07) is 9.46. The summed E-state index contributed by atoms with van der Waals surface area (Å²) in [6.07, 6.45) is 4.38. The van der Waals surface area contributed by atoms with Gasteiger partial charge in [0.2, 0.25) is 0 Å². The minimum Gasteiger partial charge on any atom is -0.467 e. The highest BCUT2D eigenvalue weighted by atomic mass is 16.6. The predicted octanol–water partition coefficient (Wildman–Crippen LogP) is 2.03. The third kappa shape index (κ3) is 1.74. The van der Waals surface area contributed by atoms with Crippen LogP contribution in [0.5, 0.6) is 0 Å². The van der Waals surface area contributed by atoms with E-state index in [1.54, 1.807) is 0 Å². The van der Waals surface area contributed by atoms with Gasteiger partial charge in [-0.25, -0.2) is 4.79 Å². The summed E-state index contributed by atoms with van der Waals surface area (Å²) >= 11 is 0. The van der Waals surface area contributed by atoms with E-state index in [0.717, 1.165) is 5.56 Å². The maximum Gasteiger partial charge on any atom is 0.343 e. The van der Waals surface area contributed by atoms with Crippen molar-refractivity contribution in [1.82, 2.24) is 0 Å². The van der Waals surface area contributed by atoms with Gasteiger partial charge < -0.3 is 9.47 Å². The molecule has 1 aromatic carbocycles. The zero-order chi connectivity index (χ0) is 11.4. The van der Waals surface area contributed by atoms with Gasteiger partial charge in [-0.3, -0.25) is 0 Å². The van der Waals surface area contributed by atoms with E-state index in [9.17, 15) is 4.79 Å². The van der Waals surface area contributed by atoms with E-state index in [1.807, 2.05) is 42.5 Å². The summed E-state index contributed by atoms with van der Waals surface area (Å²) in [7, 11) is 1.38. The van der Waals surface area contributed by atoms with Gasteiger partial charge in [-0.2, -0.15) is 0 Å². The van der Waals surface area contributed by atoms with Crippen LogP contribution in [0, 0.1) is 0 Å². The lowest BCUT2D eigenvalue weighted by Gasteiger charge is -2.32. The molecular weight excluding hydrogens is 204 g/mol. The molecule has 16 heavy (non-hydrogen) atoms. The van der Waals surface area contributed by atoms with Crippen molar-refractivity contribution in [3.8, 4) is 0 Å². The number of carbonyl (C=O) groups is 1. The Labute approximate surface area is 94.7 Å². The highest BCUT2D eigenvalue weighted by Crippen LogP contribution is 2.33. The fraction of sp³-hybridized carbons (Fsp3) is 0.308. The highest BCUT2D eigenvalue weighted by molar-refractivity contribution is 5.81. The predicted molar refractivity (Wildman–Crippen MR) is 59.8 cm³/mol. The first-order valence-corrected chi connectivity index (χ1v) is 5.22.